The van der Waals surface area contributed by atoms with Gasteiger partial charge in [0.15, 0.2) is 5.82 Å². The predicted molar refractivity (Wildman–Crippen MR) is 97.4 cm³/mol. The van der Waals surface area contributed by atoms with Gasteiger partial charge in [-0.15, -0.1) is 5.10 Å². The summed E-state index contributed by atoms with van der Waals surface area (Å²) in [6, 6.07) is 0. The van der Waals surface area contributed by atoms with Crippen LogP contribution in [0, 0.1) is 5.92 Å². The fourth-order valence-corrected chi connectivity index (χ4v) is 4.39. The first-order valence-electron chi connectivity index (χ1n) is 9.77. The van der Waals surface area contributed by atoms with Gasteiger partial charge in [-0.2, -0.15) is 0 Å². The SMILES string of the molecule is COCCn1nnnc1C1(N(C)C)CCN(C(=O)CC2CCCCC2)C1. The second kappa shape index (κ2) is 8.43. The van der Waals surface area contributed by atoms with E-state index in [4.69, 9.17) is 4.74 Å². The van der Waals surface area contributed by atoms with Gasteiger partial charge >= 0.3 is 0 Å². The normalized spacial score (nSPS) is 24.5. The highest BCUT2D eigenvalue weighted by Crippen LogP contribution is 2.36. The minimum absolute atomic E-state index is 0.288. The van der Waals surface area contributed by atoms with Crippen molar-refractivity contribution < 1.29 is 9.53 Å². The molecule has 0 N–H and O–H groups in total. The van der Waals surface area contributed by atoms with Crippen molar-refractivity contribution in [3.05, 3.63) is 5.82 Å². The number of aromatic nitrogens is 4. The van der Waals surface area contributed by atoms with Gasteiger partial charge in [-0.3, -0.25) is 9.69 Å². The van der Waals surface area contributed by atoms with Crippen LogP contribution < -0.4 is 0 Å². The first kappa shape index (κ1) is 19.2. The van der Waals surface area contributed by atoms with Crippen LogP contribution in [0.1, 0.15) is 50.8 Å². The third kappa shape index (κ3) is 3.91. The molecule has 0 spiro atoms. The van der Waals surface area contributed by atoms with Crippen molar-refractivity contribution in [2.45, 2.75) is 57.0 Å². The van der Waals surface area contributed by atoms with Crippen LogP contribution in [0.2, 0.25) is 0 Å². The van der Waals surface area contributed by atoms with Crippen LogP contribution >= 0.6 is 0 Å². The number of carbonyl (C=O) groups is 1. The number of ether oxygens (including phenoxy) is 1. The second-order valence-corrected chi connectivity index (χ2v) is 7.92. The lowest BCUT2D eigenvalue weighted by molar-refractivity contribution is -0.132. The minimum Gasteiger partial charge on any atom is -0.383 e. The van der Waals surface area contributed by atoms with E-state index in [1.165, 1.54) is 32.1 Å². The molecular weight excluding hydrogens is 332 g/mol. The third-order valence-electron chi connectivity index (χ3n) is 6.10. The number of hydrogen-bond acceptors (Lipinski definition) is 6. The molecule has 8 nitrogen and oxygen atoms in total. The summed E-state index contributed by atoms with van der Waals surface area (Å²) in [6.45, 7) is 2.59. The Kier molecular flexibility index (Phi) is 6.24. The molecule has 3 rings (SSSR count). The molecule has 1 aliphatic carbocycles. The third-order valence-corrected chi connectivity index (χ3v) is 6.10. The Balaban J connectivity index is 1.71. The topological polar surface area (TPSA) is 76.4 Å². The number of carbonyl (C=O) groups excluding carboxylic acids is 1. The van der Waals surface area contributed by atoms with Crippen molar-refractivity contribution in [3.8, 4) is 0 Å². The van der Waals surface area contributed by atoms with Crippen molar-refractivity contribution in [2.24, 2.45) is 5.92 Å². The Bertz CT molecular complexity index is 598. The molecule has 2 aliphatic rings. The van der Waals surface area contributed by atoms with Crippen molar-refractivity contribution in [2.75, 3.05) is 40.9 Å². The molecule has 146 valence electrons. The van der Waals surface area contributed by atoms with Gasteiger partial charge in [0, 0.05) is 26.6 Å². The van der Waals surface area contributed by atoms with E-state index < -0.39 is 0 Å². The van der Waals surface area contributed by atoms with E-state index in [9.17, 15) is 4.79 Å². The lowest BCUT2D eigenvalue weighted by Crippen LogP contribution is -2.47. The molecule has 1 aromatic rings. The zero-order valence-electron chi connectivity index (χ0n) is 16.4. The summed E-state index contributed by atoms with van der Waals surface area (Å²) in [5.74, 6) is 1.68. The van der Waals surface area contributed by atoms with Gasteiger partial charge in [-0.1, -0.05) is 19.3 Å². The summed E-state index contributed by atoms with van der Waals surface area (Å²) in [4.78, 5) is 17.1. The fraction of sp³-hybridized carbons (Fsp3) is 0.889. The summed E-state index contributed by atoms with van der Waals surface area (Å²) in [5, 5.41) is 12.3. The molecule has 2 fully saturated rings. The molecule has 1 unspecified atom stereocenters. The van der Waals surface area contributed by atoms with E-state index in [1.807, 2.05) is 23.7 Å². The highest BCUT2D eigenvalue weighted by molar-refractivity contribution is 5.77. The Morgan fingerprint density at radius 3 is 2.77 bits per heavy atom. The molecule has 1 aliphatic heterocycles. The molecule has 26 heavy (non-hydrogen) atoms. The number of rotatable bonds is 7. The van der Waals surface area contributed by atoms with Gasteiger partial charge in [0.05, 0.1) is 13.2 Å². The van der Waals surface area contributed by atoms with Crippen LogP contribution in [0.15, 0.2) is 0 Å². The van der Waals surface area contributed by atoms with E-state index in [1.54, 1.807) is 7.11 Å². The molecular formula is C18H32N6O2. The summed E-state index contributed by atoms with van der Waals surface area (Å²) < 4.78 is 6.99. The van der Waals surface area contributed by atoms with Crippen LogP contribution in [0.25, 0.3) is 0 Å². The quantitative estimate of drug-likeness (QED) is 0.725. The molecule has 0 aromatic carbocycles. The van der Waals surface area contributed by atoms with Crippen molar-refractivity contribution in [1.29, 1.82) is 0 Å². The Labute approximate surface area is 155 Å². The van der Waals surface area contributed by atoms with Crippen LogP contribution in [-0.2, 0) is 21.6 Å². The lowest BCUT2D eigenvalue weighted by Gasteiger charge is -2.35. The number of methoxy groups -OCH3 is 1. The smallest absolute Gasteiger partial charge is 0.222 e. The summed E-state index contributed by atoms with van der Waals surface area (Å²) in [5.41, 5.74) is -0.334. The average Bonchev–Trinajstić information content (AvgIpc) is 3.28. The fourth-order valence-electron chi connectivity index (χ4n) is 4.39. The van der Waals surface area contributed by atoms with Gasteiger partial charge in [0.1, 0.15) is 5.54 Å². The number of amides is 1. The maximum atomic E-state index is 12.9. The summed E-state index contributed by atoms with van der Waals surface area (Å²) >= 11 is 0. The van der Waals surface area contributed by atoms with Gasteiger partial charge in [-0.25, -0.2) is 4.68 Å². The van der Waals surface area contributed by atoms with Gasteiger partial charge < -0.3 is 9.64 Å². The molecule has 8 heteroatoms. The van der Waals surface area contributed by atoms with E-state index in [2.05, 4.69) is 20.4 Å². The number of nitrogens with zero attached hydrogens (tertiary/aromatic N) is 6. The standard InChI is InChI=1S/C18H32N6O2/c1-22(2)18(17-19-20-21-24(17)11-12-26-3)9-10-23(14-18)16(25)13-15-7-5-4-6-8-15/h15H,4-14H2,1-3H3. The highest BCUT2D eigenvalue weighted by atomic mass is 16.5. The van der Waals surface area contributed by atoms with E-state index in [-0.39, 0.29) is 11.4 Å². The van der Waals surface area contributed by atoms with E-state index >= 15 is 0 Å². The number of tetrazole rings is 1. The molecule has 1 aromatic heterocycles. The average molecular weight is 364 g/mol. The van der Waals surface area contributed by atoms with E-state index in [0.717, 1.165) is 18.8 Å². The first-order chi connectivity index (χ1) is 12.6. The van der Waals surface area contributed by atoms with Crippen LogP contribution in [0.3, 0.4) is 0 Å². The van der Waals surface area contributed by atoms with Crippen molar-refractivity contribution in [3.63, 3.8) is 0 Å². The largest absolute Gasteiger partial charge is 0.383 e. The number of hydrogen-bond donors (Lipinski definition) is 0. The molecule has 0 bridgehead atoms. The van der Waals surface area contributed by atoms with E-state index in [0.29, 0.717) is 32.0 Å². The Hall–Kier alpha value is -1.54. The monoisotopic (exact) mass is 364 g/mol. The van der Waals surface area contributed by atoms with Crippen LogP contribution in [0.5, 0.6) is 0 Å². The Morgan fingerprint density at radius 1 is 1.31 bits per heavy atom. The number of likely N-dealkylation sites (N-methyl/N-ethyl adjacent to an activating group) is 1. The predicted octanol–water partition coefficient (Wildman–Crippen LogP) is 1.28. The van der Waals surface area contributed by atoms with Crippen molar-refractivity contribution in [1.82, 2.24) is 30.0 Å². The molecule has 0 radical (unpaired) electrons. The summed E-state index contributed by atoms with van der Waals surface area (Å²) in [6.07, 6.45) is 7.81. The molecule has 1 amide bonds. The van der Waals surface area contributed by atoms with Gasteiger partial charge in [0.2, 0.25) is 5.91 Å². The maximum Gasteiger partial charge on any atom is 0.222 e. The Morgan fingerprint density at radius 2 is 2.08 bits per heavy atom. The van der Waals surface area contributed by atoms with Crippen LogP contribution in [0.4, 0.5) is 0 Å². The molecule has 2 heterocycles. The van der Waals surface area contributed by atoms with Crippen molar-refractivity contribution >= 4 is 5.91 Å². The van der Waals surface area contributed by atoms with Gasteiger partial charge in [-0.05, 0) is 49.7 Å². The molecule has 1 atom stereocenters. The van der Waals surface area contributed by atoms with Crippen LogP contribution in [-0.4, -0.2) is 76.8 Å². The second-order valence-electron chi connectivity index (χ2n) is 7.92. The highest BCUT2D eigenvalue weighted by Gasteiger charge is 2.47. The number of likely N-dealkylation sites (tertiary alicyclic amines) is 1. The zero-order chi connectivity index (χ0) is 18.6. The van der Waals surface area contributed by atoms with Gasteiger partial charge in [0.25, 0.3) is 0 Å². The lowest BCUT2D eigenvalue weighted by atomic mass is 9.86. The minimum atomic E-state index is -0.334. The summed E-state index contributed by atoms with van der Waals surface area (Å²) in [7, 11) is 5.77. The molecule has 1 saturated heterocycles. The maximum absolute atomic E-state index is 12.9. The first-order valence-corrected chi connectivity index (χ1v) is 9.77. The molecule has 1 saturated carbocycles. The zero-order valence-corrected chi connectivity index (χ0v) is 16.4.